The van der Waals surface area contributed by atoms with E-state index in [0.29, 0.717) is 49.1 Å². The zero-order valence-electron chi connectivity index (χ0n) is 21.0. The predicted octanol–water partition coefficient (Wildman–Crippen LogP) is 4.87. The van der Waals surface area contributed by atoms with Crippen LogP contribution in [0, 0.1) is 11.7 Å². The molecule has 39 heavy (non-hydrogen) atoms. The van der Waals surface area contributed by atoms with Gasteiger partial charge in [0.1, 0.15) is 17.6 Å². The van der Waals surface area contributed by atoms with E-state index in [2.05, 4.69) is 0 Å². The lowest BCUT2D eigenvalue weighted by Crippen LogP contribution is -2.49. The standard InChI is InChI=1S/C27H29F6N3O3/c28-21-4-1-3-20(23(21)25(38)36-12-2-5-22(36)24(34)37)18-6-8-19(9-7-18)39-15-17-10-13-35(14-11-17)16-26(29,30)27(31,32)33/h1,3-4,6-9,17,22H,2,5,10-16H2,(H2,34,37)/t22-/m0/s1. The number of hydrogen-bond donors (Lipinski definition) is 1. The van der Waals surface area contributed by atoms with Crippen LogP contribution in [-0.2, 0) is 4.79 Å². The Morgan fingerprint density at radius 2 is 1.62 bits per heavy atom. The average molecular weight is 558 g/mol. The molecule has 0 spiro atoms. The zero-order valence-corrected chi connectivity index (χ0v) is 21.0. The Morgan fingerprint density at radius 3 is 2.23 bits per heavy atom. The Bertz CT molecular complexity index is 1180. The van der Waals surface area contributed by atoms with Crippen LogP contribution in [0.25, 0.3) is 11.1 Å². The molecule has 2 aromatic rings. The van der Waals surface area contributed by atoms with Gasteiger partial charge in [0, 0.05) is 6.54 Å². The second kappa shape index (κ2) is 11.4. The fourth-order valence-electron chi connectivity index (χ4n) is 5.06. The minimum absolute atomic E-state index is 0.00783. The number of amides is 2. The summed E-state index contributed by atoms with van der Waals surface area (Å²) in [5.41, 5.74) is 6.18. The van der Waals surface area contributed by atoms with Gasteiger partial charge in [-0.2, -0.15) is 22.0 Å². The number of hydrogen-bond acceptors (Lipinski definition) is 4. The second-order valence-electron chi connectivity index (χ2n) is 9.98. The van der Waals surface area contributed by atoms with E-state index in [1.54, 1.807) is 30.3 Å². The fraction of sp³-hybridized carbons (Fsp3) is 0.481. The Labute approximate surface area is 221 Å². The van der Waals surface area contributed by atoms with Crippen LogP contribution >= 0.6 is 0 Å². The highest BCUT2D eigenvalue weighted by Gasteiger charge is 2.58. The molecule has 2 saturated heterocycles. The first kappa shape index (κ1) is 28.7. The molecule has 0 bridgehead atoms. The highest BCUT2D eigenvalue weighted by atomic mass is 19.4. The molecule has 0 radical (unpaired) electrons. The van der Waals surface area contributed by atoms with Crippen molar-refractivity contribution in [3.63, 3.8) is 0 Å². The molecule has 0 aromatic heterocycles. The molecule has 2 fully saturated rings. The van der Waals surface area contributed by atoms with Crippen molar-refractivity contribution in [2.45, 2.75) is 43.8 Å². The van der Waals surface area contributed by atoms with Crippen molar-refractivity contribution in [2.24, 2.45) is 11.7 Å². The lowest BCUT2D eigenvalue weighted by molar-refractivity contribution is -0.287. The SMILES string of the molecule is NC(=O)[C@@H]1CCCN1C(=O)c1c(F)cccc1-c1ccc(OCC2CCN(CC(F)(F)C(F)(F)F)CC2)cc1. The van der Waals surface area contributed by atoms with Crippen LogP contribution in [0.1, 0.15) is 36.0 Å². The number of carbonyl (C=O) groups is 2. The highest BCUT2D eigenvalue weighted by Crippen LogP contribution is 2.37. The van der Waals surface area contributed by atoms with Crippen LogP contribution in [-0.4, -0.2) is 72.5 Å². The van der Waals surface area contributed by atoms with Gasteiger partial charge in [0.2, 0.25) is 5.91 Å². The van der Waals surface area contributed by atoms with Gasteiger partial charge < -0.3 is 15.4 Å². The number of likely N-dealkylation sites (tertiary alicyclic amines) is 2. The van der Waals surface area contributed by atoms with E-state index in [9.17, 15) is 35.9 Å². The van der Waals surface area contributed by atoms with Crippen molar-refractivity contribution in [1.82, 2.24) is 9.80 Å². The van der Waals surface area contributed by atoms with Crippen LogP contribution in [0.15, 0.2) is 42.5 Å². The fourth-order valence-corrected chi connectivity index (χ4v) is 5.06. The average Bonchev–Trinajstić information content (AvgIpc) is 3.38. The van der Waals surface area contributed by atoms with Crippen LogP contribution < -0.4 is 10.5 Å². The minimum atomic E-state index is -5.57. The maximum absolute atomic E-state index is 14.9. The maximum atomic E-state index is 14.9. The van der Waals surface area contributed by atoms with Crippen molar-refractivity contribution in [2.75, 3.05) is 32.8 Å². The smallest absolute Gasteiger partial charge is 0.454 e. The van der Waals surface area contributed by atoms with Crippen molar-refractivity contribution in [1.29, 1.82) is 0 Å². The summed E-state index contributed by atoms with van der Waals surface area (Å²) in [5, 5.41) is 0. The normalized spacial score (nSPS) is 19.3. The summed E-state index contributed by atoms with van der Waals surface area (Å²) >= 11 is 0. The molecule has 0 unspecified atom stereocenters. The van der Waals surface area contributed by atoms with Crippen molar-refractivity contribution >= 4 is 11.8 Å². The molecular weight excluding hydrogens is 528 g/mol. The summed E-state index contributed by atoms with van der Waals surface area (Å²) < 4.78 is 84.6. The number of benzene rings is 2. The first-order valence-electron chi connectivity index (χ1n) is 12.7. The van der Waals surface area contributed by atoms with Gasteiger partial charge in [-0.15, -0.1) is 0 Å². The lowest BCUT2D eigenvalue weighted by atomic mass is 9.97. The van der Waals surface area contributed by atoms with Gasteiger partial charge in [-0.25, -0.2) is 4.39 Å². The summed E-state index contributed by atoms with van der Waals surface area (Å²) in [4.78, 5) is 27.4. The van der Waals surface area contributed by atoms with Gasteiger partial charge in [0.25, 0.3) is 5.91 Å². The molecule has 2 N–H and O–H groups in total. The number of halogens is 6. The second-order valence-corrected chi connectivity index (χ2v) is 9.98. The summed E-state index contributed by atoms with van der Waals surface area (Å²) in [6, 6.07) is 10.1. The number of nitrogens with two attached hydrogens (primary N) is 1. The number of carbonyl (C=O) groups excluding carboxylic acids is 2. The molecule has 2 heterocycles. The lowest BCUT2D eigenvalue weighted by Gasteiger charge is -2.34. The molecule has 2 amide bonds. The van der Waals surface area contributed by atoms with Crippen molar-refractivity contribution in [3.05, 3.63) is 53.8 Å². The van der Waals surface area contributed by atoms with E-state index < -0.39 is 42.3 Å². The van der Waals surface area contributed by atoms with E-state index in [1.807, 2.05) is 0 Å². The third-order valence-corrected chi connectivity index (χ3v) is 7.26. The number of primary amides is 1. The molecule has 6 nitrogen and oxygen atoms in total. The third kappa shape index (κ3) is 6.48. The first-order valence-corrected chi connectivity index (χ1v) is 12.7. The number of alkyl halides is 5. The molecule has 2 aliphatic heterocycles. The molecule has 2 aliphatic rings. The number of rotatable bonds is 8. The summed E-state index contributed by atoms with van der Waals surface area (Å²) in [5.74, 6) is -6.22. The Morgan fingerprint density at radius 1 is 0.949 bits per heavy atom. The zero-order chi connectivity index (χ0) is 28.4. The Kier molecular flexibility index (Phi) is 8.43. The van der Waals surface area contributed by atoms with Gasteiger partial charge in [-0.05, 0) is 74.0 Å². The van der Waals surface area contributed by atoms with Gasteiger partial charge in [0.15, 0.2) is 0 Å². The third-order valence-electron chi connectivity index (χ3n) is 7.26. The predicted molar refractivity (Wildman–Crippen MR) is 131 cm³/mol. The van der Waals surface area contributed by atoms with Crippen LogP contribution in [0.4, 0.5) is 26.3 Å². The molecule has 2 aromatic carbocycles. The largest absolute Gasteiger partial charge is 0.493 e. The minimum Gasteiger partial charge on any atom is -0.493 e. The highest BCUT2D eigenvalue weighted by molar-refractivity contribution is 6.03. The summed E-state index contributed by atoms with van der Waals surface area (Å²) in [6.45, 7) is -0.560. The molecule has 0 aliphatic carbocycles. The van der Waals surface area contributed by atoms with Crippen molar-refractivity contribution < 1.29 is 40.7 Å². The van der Waals surface area contributed by atoms with Gasteiger partial charge >= 0.3 is 12.1 Å². The molecule has 4 rings (SSSR count). The number of piperidine rings is 1. The van der Waals surface area contributed by atoms with E-state index in [0.717, 1.165) is 4.90 Å². The first-order chi connectivity index (χ1) is 18.4. The molecule has 212 valence electrons. The van der Waals surface area contributed by atoms with E-state index in [1.165, 1.54) is 17.0 Å². The maximum Gasteiger partial charge on any atom is 0.454 e. The van der Waals surface area contributed by atoms with E-state index in [-0.39, 0.29) is 31.2 Å². The number of ether oxygens (including phenoxy) is 1. The van der Waals surface area contributed by atoms with Crippen LogP contribution in [0.2, 0.25) is 0 Å². The van der Waals surface area contributed by atoms with Gasteiger partial charge in [-0.3, -0.25) is 14.5 Å². The van der Waals surface area contributed by atoms with Gasteiger partial charge in [0.05, 0.1) is 18.7 Å². The van der Waals surface area contributed by atoms with E-state index >= 15 is 0 Å². The number of nitrogens with zero attached hydrogens (tertiary/aromatic N) is 2. The molecule has 1 atom stereocenters. The topological polar surface area (TPSA) is 75.9 Å². The quantitative estimate of drug-likeness (QED) is 0.470. The summed E-state index contributed by atoms with van der Waals surface area (Å²) in [7, 11) is 0. The molecule has 0 saturated carbocycles. The van der Waals surface area contributed by atoms with Crippen LogP contribution in [0.3, 0.4) is 0 Å². The van der Waals surface area contributed by atoms with Gasteiger partial charge in [-0.1, -0.05) is 24.3 Å². The van der Waals surface area contributed by atoms with Crippen molar-refractivity contribution in [3.8, 4) is 16.9 Å². The Balaban J connectivity index is 1.37. The van der Waals surface area contributed by atoms with Crippen LogP contribution in [0.5, 0.6) is 5.75 Å². The molecular formula is C27H29F6N3O3. The monoisotopic (exact) mass is 557 g/mol. The van der Waals surface area contributed by atoms with E-state index in [4.69, 9.17) is 10.5 Å². The Hall–Kier alpha value is -3.28. The summed E-state index contributed by atoms with van der Waals surface area (Å²) in [6.07, 6.45) is -3.71. The molecule has 12 heteroatoms.